The smallest absolute Gasteiger partial charge is 0.160 e. The van der Waals surface area contributed by atoms with Crippen molar-refractivity contribution in [3.05, 3.63) is 102 Å². The van der Waals surface area contributed by atoms with E-state index in [2.05, 4.69) is 128 Å². The molecule has 1 N–H and O–H groups in total. The second-order valence-corrected chi connectivity index (χ2v) is 15.4. The number of nitrogens with one attached hydrogen (secondary N) is 1. The summed E-state index contributed by atoms with van der Waals surface area (Å²) in [4.78, 5) is 0. The first-order valence-electron chi connectivity index (χ1n) is 12.7. The first-order chi connectivity index (χ1) is 16.4. The molecule has 3 aromatic rings. The van der Waals surface area contributed by atoms with Gasteiger partial charge in [0.15, 0.2) is 8.24 Å². The van der Waals surface area contributed by atoms with E-state index in [1.165, 1.54) is 45.9 Å². The van der Waals surface area contributed by atoms with Gasteiger partial charge in [0.25, 0.3) is 0 Å². The summed E-state index contributed by atoms with van der Waals surface area (Å²) in [5.41, 5.74) is 10.1. The number of allylic oxidation sites excluding steroid dienone is 4. The summed E-state index contributed by atoms with van der Waals surface area (Å²) < 4.78 is 2.76. The summed E-state index contributed by atoms with van der Waals surface area (Å²) >= 11 is 0. The summed E-state index contributed by atoms with van der Waals surface area (Å²) in [6, 6.07) is 26.9. The van der Waals surface area contributed by atoms with Crippen molar-refractivity contribution in [2.45, 2.75) is 38.9 Å². The fourth-order valence-corrected chi connectivity index (χ4v) is 11.9. The highest BCUT2D eigenvalue weighted by Gasteiger charge is 2.53. The summed E-state index contributed by atoms with van der Waals surface area (Å²) in [6.07, 6.45) is 8.52. The highest BCUT2D eigenvalue weighted by atomic mass is 28.3. The lowest BCUT2D eigenvalue weighted by Crippen LogP contribution is -2.53. The van der Waals surface area contributed by atoms with E-state index in [9.17, 15) is 0 Å². The molecular formula is C31H34N2Si. The molecule has 0 aromatic heterocycles. The van der Waals surface area contributed by atoms with Crippen LogP contribution in [-0.2, 0) is 0 Å². The minimum atomic E-state index is -1.97. The highest BCUT2D eigenvalue weighted by Crippen LogP contribution is 2.59. The zero-order valence-corrected chi connectivity index (χ0v) is 21.6. The molecular weight excluding hydrogens is 428 g/mol. The van der Waals surface area contributed by atoms with Gasteiger partial charge in [0.1, 0.15) is 0 Å². The van der Waals surface area contributed by atoms with Crippen LogP contribution in [0.5, 0.6) is 0 Å². The topological polar surface area (TPSA) is 15.3 Å². The Bertz CT molecular complexity index is 1240. The molecule has 1 heterocycles. The molecule has 4 atom stereocenters. The molecule has 0 radical (unpaired) electrons. The third-order valence-electron chi connectivity index (χ3n) is 8.46. The van der Waals surface area contributed by atoms with E-state index in [0.717, 1.165) is 0 Å². The molecule has 0 spiro atoms. The molecule has 1 fully saturated rings. The van der Waals surface area contributed by atoms with Gasteiger partial charge in [-0.25, -0.2) is 0 Å². The van der Waals surface area contributed by atoms with E-state index >= 15 is 0 Å². The van der Waals surface area contributed by atoms with E-state index < -0.39 is 8.24 Å². The average Bonchev–Trinajstić information content (AvgIpc) is 3.19. The Morgan fingerprint density at radius 2 is 1.47 bits per heavy atom. The molecule has 2 aliphatic carbocycles. The number of aryl methyl sites for hydroxylation is 1. The van der Waals surface area contributed by atoms with Crippen molar-refractivity contribution in [1.82, 2.24) is 0 Å². The lowest BCUT2D eigenvalue weighted by Gasteiger charge is -2.49. The van der Waals surface area contributed by atoms with E-state index in [0.29, 0.717) is 23.3 Å². The minimum Gasteiger partial charge on any atom is -0.366 e. The van der Waals surface area contributed by atoms with Crippen LogP contribution in [0.4, 0.5) is 22.7 Å². The molecule has 1 saturated carbocycles. The average molecular weight is 463 g/mol. The van der Waals surface area contributed by atoms with Gasteiger partial charge in [0, 0.05) is 0 Å². The van der Waals surface area contributed by atoms with Gasteiger partial charge in [-0.15, -0.1) is 0 Å². The summed E-state index contributed by atoms with van der Waals surface area (Å²) in [6.45, 7) is 9.89. The monoisotopic (exact) mass is 462 g/mol. The Kier molecular flexibility index (Phi) is 5.07. The van der Waals surface area contributed by atoms with Crippen LogP contribution in [0.2, 0.25) is 18.6 Å². The zero-order chi connectivity index (χ0) is 23.4. The molecule has 2 nitrogen and oxygen atoms in total. The quantitative estimate of drug-likeness (QED) is 0.392. The molecule has 3 aliphatic rings. The number of fused-ring (bicyclic) bond motifs is 3. The number of benzene rings is 3. The number of anilines is 4. The van der Waals surface area contributed by atoms with E-state index in [4.69, 9.17) is 0 Å². The lowest BCUT2D eigenvalue weighted by molar-refractivity contribution is 0.550. The predicted molar refractivity (Wildman–Crippen MR) is 149 cm³/mol. The molecule has 0 bridgehead atoms. The maximum absolute atomic E-state index is 3.69. The highest BCUT2D eigenvalue weighted by molar-refractivity contribution is 6.84. The molecule has 0 amide bonds. The molecule has 6 rings (SSSR count). The van der Waals surface area contributed by atoms with Crippen LogP contribution >= 0.6 is 0 Å². The van der Waals surface area contributed by atoms with Crippen molar-refractivity contribution in [3.63, 3.8) is 0 Å². The van der Waals surface area contributed by atoms with Gasteiger partial charge in [-0.1, -0.05) is 92.3 Å². The van der Waals surface area contributed by atoms with Gasteiger partial charge in [0.2, 0.25) is 0 Å². The normalized spacial score (nSPS) is 25.2. The van der Waals surface area contributed by atoms with Crippen molar-refractivity contribution in [1.29, 1.82) is 0 Å². The molecule has 172 valence electrons. The Hall–Kier alpha value is -3.04. The third-order valence-corrected chi connectivity index (χ3v) is 12.7. The molecule has 3 aromatic carbocycles. The van der Waals surface area contributed by atoms with Crippen LogP contribution in [0.25, 0.3) is 5.57 Å². The Morgan fingerprint density at radius 3 is 2.12 bits per heavy atom. The van der Waals surface area contributed by atoms with Crippen LogP contribution < -0.4 is 9.88 Å². The van der Waals surface area contributed by atoms with Crippen LogP contribution in [0.1, 0.15) is 24.5 Å². The third kappa shape index (κ3) is 3.29. The number of hydrogen-bond acceptors (Lipinski definition) is 2. The molecule has 1 unspecified atom stereocenters. The molecule has 3 heteroatoms. The summed E-state index contributed by atoms with van der Waals surface area (Å²) in [5.74, 6) is 1.88. The van der Waals surface area contributed by atoms with Gasteiger partial charge in [0.05, 0.1) is 22.7 Å². The fourth-order valence-electron chi connectivity index (χ4n) is 7.15. The molecule has 0 saturated heterocycles. The number of rotatable bonds is 3. The minimum absolute atomic E-state index is 0.590. The Balaban J connectivity index is 1.42. The van der Waals surface area contributed by atoms with Gasteiger partial charge in [-0.05, 0) is 72.0 Å². The van der Waals surface area contributed by atoms with Crippen molar-refractivity contribution >= 4 is 36.6 Å². The number of hydrogen-bond donors (Lipinski definition) is 1. The summed E-state index contributed by atoms with van der Waals surface area (Å²) in [7, 11) is -1.97. The number of nitrogens with zero attached hydrogens (tertiary/aromatic N) is 1. The maximum atomic E-state index is 3.69. The van der Waals surface area contributed by atoms with Crippen LogP contribution in [0.15, 0.2) is 91.0 Å². The first kappa shape index (κ1) is 21.5. The van der Waals surface area contributed by atoms with Gasteiger partial charge < -0.3 is 9.88 Å². The SMILES string of the molecule is Cc1ccc(C2=CC=C[C@@H]3C([Si](C)(C)N4c5ccccc5Nc5ccccc54)[C@H](C)C[C@H]23)cc1. The Labute approximate surface area is 205 Å². The Morgan fingerprint density at radius 1 is 0.853 bits per heavy atom. The first-order valence-corrected chi connectivity index (χ1v) is 15.7. The second kappa shape index (κ2) is 8.02. The van der Waals surface area contributed by atoms with Crippen LogP contribution in [0, 0.1) is 24.7 Å². The second-order valence-electron chi connectivity index (χ2n) is 10.9. The molecule has 34 heavy (non-hydrogen) atoms. The fraction of sp³-hybridized carbons (Fsp3) is 0.290. The number of para-hydroxylation sites is 4. The van der Waals surface area contributed by atoms with E-state index in [1.54, 1.807) is 0 Å². The summed E-state index contributed by atoms with van der Waals surface area (Å²) in [5, 5.41) is 3.69. The zero-order valence-electron chi connectivity index (χ0n) is 20.6. The van der Waals surface area contributed by atoms with Crippen molar-refractivity contribution in [2.24, 2.45) is 17.8 Å². The standard InChI is InChI=1S/C31H34N2Si/c1-21-16-18-23(19-17-21)24-10-9-11-25-26(24)20-22(2)31(25)34(3,4)33-29-14-7-5-12-27(29)32-28-13-6-8-15-30(28)33/h5-19,22,25-26,31-32H,20H2,1-4H3/t22-,25+,26-,31?/m1/s1. The van der Waals surface area contributed by atoms with Crippen molar-refractivity contribution < 1.29 is 0 Å². The largest absolute Gasteiger partial charge is 0.366 e. The van der Waals surface area contributed by atoms with Gasteiger partial charge in [-0.2, -0.15) is 0 Å². The van der Waals surface area contributed by atoms with Gasteiger partial charge in [-0.3, -0.25) is 0 Å². The van der Waals surface area contributed by atoms with Gasteiger partial charge >= 0.3 is 0 Å². The lowest BCUT2D eigenvalue weighted by atomic mass is 9.81. The predicted octanol–water partition coefficient (Wildman–Crippen LogP) is 8.69. The van der Waals surface area contributed by atoms with E-state index in [-0.39, 0.29) is 0 Å². The van der Waals surface area contributed by atoms with Crippen molar-refractivity contribution in [3.8, 4) is 0 Å². The van der Waals surface area contributed by atoms with Crippen LogP contribution in [0.3, 0.4) is 0 Å². The van der Waals surface area contributed by atoms with Crippen LogP contribution in [-0.4, -0.2) is 8.24 Å². The molecule has 1 aliphatic heterocycles. The maximum Gasteiger partial charge on any atom is 0.160 e. The van der Waals surface area contributed by atoms with Crippen molar-refractivity contribution in [2.75, 3.05) is 9.88 Å². The van der Waals surface area contributed by atoms with E-state index in [1.807, 2.05) is 0 Å².